The van der Waals surface area contributed by atoms with Gasteiger partial charge in [0.25, 0.3) is 5.91 Å². The standard InChI is InChI=1S/C24H28F2N4O5/c1-13(2)16-7-5-6-8-17(16)24(11-30(12-24)20(31)15(4)34-23(27)33)21(32)29-18-10-9-14(3)28-19(18)35-22(25)26/h5-10,13,15,22H,11-12H2,1-4H3,(H2,27,33)(H,29,32)/t15-/m0/s1. The molecule has 1 saturated heterocycles. The van der Waals surface area contributed by atoms with E-state index in [1.807, 2.05) is 32.0 Å². The maximum Gasteiger partial charge on any atom is 0.405 e. The Hall–Kier alpha value is -3.76. The summed E-state index contributed by atoms with van der Waals surface area (Å²) in [5.74, 6) is -1.36. The summed E-state index contributed by atoms with van der Waals surface area (Å²) in [5, 5.41) is 2.67. The maximum atomic E-state index is 13.7. The number of pyridine rings is 1. The SMILES string of the molecule is Cc1ccc(NC(=O)C2(c3ccccc3C(C)C)CN(C(=O)[C@H](C)OC(N)=O)C2)c(OC(F)F)n1. The van der Waals surface area contributed by atoms with Gasteiger partial charge in [0.05, 0.1) is 0 Å². The number of ether oxygens (including phenoxy) is 2. The van der Waals surface area contributed by atoms with Crippen LogP contribution in [-0.2, 0) is 19.7 Å². The van der Waals surface area contributed by atoms with Gasteiger partial charge in [-0.1, -0.05) is 38.1 Å². The lowest BCUT2D eigenvalue weighted by molar-refractivity contribution is -0.150. The lowest BCUT2D eigenvalue weighted by atomic mass is 9.69. The van der Waals surface area contributed by atoms with Crippen LogP contribution < -0.4 is 15.8 Å². The summed E-state index contributed by atoms with van der Waals surface area (Å²) >= 11 is 0. The van der Waals surface area contributed by atoms with Crippen LogP contribution in [0.25, 0.3) is 0 Å². The molecule has 1 aromatic carbocycles. The van der Waals surface area contributed by atoms with Crippen LogP contribution in [0.5, 0.6) is 5.88 Å². The Morgan fingerprint density at radius 3 is 2.37 bits per heavy atom. The Bertz CT molecular complexity index is 1120. The van der Waals surface area contributed by atoms with Gasteiger partial charge >= 0.3 is 12.7 Å². The number of aromatic nitrogens is 1. The summed E-state index contributed by atoms with van der Waals surface area (Å²) in [7, 11) is 0. The molecular formula is C24H28F2N4O5. The van der Waals surface area contributed by atoms with Crippen molar-refractivity contribution in [3.8, 4) is 5.88 Å². The van der Waals surface area contributed by atoms with Gasteiger partial charge in [0.2, 0.25) is 11.8 Å². The van der Waals surface area contributed by atoms with Gasteiger partial charge in [-0.25, -0.2) is 9.78 Å². The second-order valence-corrected chi connectivity index (χ2v) is 8.74. The zero-order chi connectivity index (χ0) is 25.9. The van der Waals surface area contributed by atoms with E-state index >= 15 is 0 Å². The van der Waals surface area contributed by atoms with E-state index in [0.29, 0.717) is 11.3 Å². The molecule has 9 nitrogen and oxygen atoms in total. The quantitative estimate of drug-likeness (QED) is 0.585. The van der Waals surface area contributed by atoms with Gasteiger partial charge < -0.3 is 25.4 Å². The largest absolute Gasteiger partial charge is 0.437 e. The molecule has 2 heterocycles. The second-order valence-electron chi connectivity index (χ2n) is 8.74. The Kier molecular flexibility index (Phi) is 7.57. The number of hydrogen-bond donors (Lipinski definition) is 2. The Balaban J connectivity index is 1.97. The number of primary amides is 1. The lowest BCUT2D eigenvalue weighted by Crippen LogP contribution is -2.68. The minimum absolute atomic E-state index is 0.0157. The van der Waals surface area contributed by atoms with E-state index in [1.165, 1.54) is 17.9 Å². The number of carbonyl (C=O) groups excluding carboxylic acids is 3. The molecule has 0 spiro atoms. The number of nitrogens with two attached hydrogens (primary N) is 1. The number of hydrogen-bond acceptors (Lipinski definition) is 6. The van der Waals surface area contributed by atoms with E-state index in [4.69, 9.17) is 10.5 Å². The first-order valence-corrected chi connectivity index (χ1v) is 11.0. The number of likely N-dealkylation sites (tertiary alicyclic amines) is 1. The Morgan fingerprint density at radius 2 is 1.77 bits per heavy atom. The summed E-state index contributed by atoms with van der Waals surface area (Å²) in [6.07, 6.45) is -2.21. The Labute approximate surface area is 201 Å². The van der Waals surface area contributed by atoms with E-state index in [1.54, 1.807) is 19.1 Å². The van der Waals surface area contributed by atoms with Crippen LogP contribution in [0.2, 0.25) is 0 Å². The van der Waals surface area contributed by atoms with Crippen molar-refractivity contribution in [3.05, 3.63) is 53.2 Å². The normalized spacial score (nSPS) is 15.4. The molecule has 2 aromatic rings. The summed E-state index contributed by atoms with van der Waals surface area (Å²) in [4.78, 5) is 42.8. The van der Waals surface area contributed by atoms with Crippen molar-refractivity contribution in [3.63, 3.8) is 0 Å². The molecule has 1 aliphatic heterocycles. The number of carbonyl (C=O) groups is 3. The van der Waals surface area contributed by atoms with Crippen molar-refractivity contribution < 1.29 is 32.6 Å². The third kappa shape index (κ3) is 5.50. The number of benzene rings is 1. The van der Waals surface area contributed by atoms with Gasteiger partial charge in [-0.15, -0.1) is 0 Å². The number of anilines is 1. The third-order valence-corrected chi connectivity index (χ3v) is 5.86. The zero-order valence-corrected chi connectivity index (χ0v) is 19.9. The van der Waals surface area contributed by atoms with Gasteiger partial charge in [0.1, 0.15) is 11.1 Å². The van der Waals surface area contributed by atoms with Crippen molar-refractivity contribution in [2.24, 2.45) is 5.73 Å². The maximum absolute atomic E-state index is 13.7. The fraction of sp³-hybridized carbons (Fsp3) is 0.417. The molecule has 3 N–H and O–H groups in total. The summed E-state index contributed by atoms with van der Waals surface area (Å²) in [6.45, 7) is 3.80. The van der Waals surface area contributed by atoms with Gasteiger partial charge in [-0.2, -0.15) is 8.78 Å². The summed E-state index contributed by atoms with van der Waals surface area (Å²) in [6, 6.07) is 10.3. The van der Waals surface area contributed by atoms with Crippen molar-refractivity contribution in [1.82, 2.24) is 9.88 Å². The predicted molar refractivity (Wildman–Crippen MR) is 123 cm³/mol. The minimum Gasteiger partial charge on any atom is -0.437 e. The molecule has 11 heteroatoms. The molecular weight excluding hydrogens is 462 g/mol. The molecule has 188 valence electrons. The minimum atomic E-state index is -3.13. The van der Waals surface area contributed by atoms with Crippen LogP contribution in [0.1, 0.15) is 43.5 Å². The average molecular weight is 491 g/mol. The molecule has 1 atom stereocenters. The molecule has 0 unspecified atom stereocenters. The van der Waals surface area contributed by atoms with Crippen LogP contribution in [0.3, 0.4) is 0 Å². The molecule has 1 fully saturated rings. The van der Waals surface area contributed by atoms with Crippen molar-refractivity contribution in [2.75, 3.05) is 18.4 Å². The van der Waals surface area contributed by atoms with Crippen molar-refractivity contribution >= 4 is 23.6 Å². The number of aryl methyl sites for hydroxylation is 1. The first kappa shape index (κ1) is 25.9. The number of nitrogens with zero attached hydrogens (tertiary/aromatic N) is 2. The van der Waals surface area contributed by atoms with E-state index in [0.717, 1.165) is 5.56 Å². The highest BCUT2D eigenvalue weighted by Gasteiger charge is 2.54. The molecule has 3 rings (SSSR count). The molecule has 0 bridgehead atoms. The predicted octanol–water partition coefficient (Wildman–Crippen LogP) is 3.32. The van der Waals surface area contributed by atoms with Crippen LogP contribution >= 0.6 is 0 Å². The van der Waals surface area contributed by atoms with E-state index in [2.05, 4.69) is 15.0 Å². The van der Waals surface area contributed by atoms with Crippen LogP contribution in [0.4, 0.5) is 19.3 Å². The molecule has 0 aliphatic carbocycles. The molecule has 35 heavy (non-hydrogen) atoms. The highest BCUT2D eigenvalue weighted by molar-refractivity contribution is 6.03. The molecule has 3 amide bonds. The van der Waals surface area contributed by atoms with Gasteiger partial charge in [-0.05, 0) is 43.0 Å². The second kappa shape index (κ2) is 10.2. The molecule has 0 radical (unpaired) electrons. The number of amides is 3. The van der Waals surface area contributed by atoms with E-state index < -0.39 is 41.9 Å². The monoisotopic (exact) mass is 490 g/mol. The number of nitrogens with one attached hydrogen (secondary N) is 1. The van der Waals surface area contributed by atoms with Gasteiger partial charge in [0, 0.05) is 18.8 Å². The first-order chi connectivity index (χ1) is 16.4. The fourth-order valence-electron chi connectivity index (χ4n) is 4.16. The van der Waals surface area contributed by atoms with E-state index in [-0.39, 0.29) is 24.7 Å². The smallest absolute Gasteiger partial charge is 0.405 e. The number of rotatable bonds is 8. The number of alkyl halides is 2. The van der Waals surface area contributed by atoms with Crippen LogP contribution in [0, 0.1) is 6.92 Å². The lowest BCUT2D eigenvalue weighted by Gasteiger charge is -2.50. The Morgan fingerprint density at radius 1 is 1.11 bits per heavy atom. The molecule has 0 saturated carbocycles. The first-order valence-electron chi connectivity index (χ1n) is 11.0. The number of halogens is 2. The zero-order valence-electron chi connectivity index (χ0n) is 19.9. The van der Waals surface area contributed by atoms with Gasteiger partial charge in [-0.3, -0.25) is 9.59 Å². The highest BCUT2D eigenvalue weighted by atomic mass is 19.3. The fourth-order valence-corrected chi connectivity index (χ4v) is 4.16. The molecule has 1 aliphatic rings. The van der Waals surface area contributed by atoms with Gasteiger partial charge in [0.15, 0.2) is 6.10 Å². The highest BCUT2D eigenvalue weighted by Crippen LogP contribution is 2.41. The molecule has 1 aromatic heterocycles. The van der Waals surface area contributed by atoms with Crippen LogP contribution in [0.15, 0.2) is 36.4 Å². The third-order valence-electron chi connectivity index (χ3n) is 5.86. The summed E-state index contributed by atoms with van der Waals surface area (Å²) in [5.41, 5.74) is 5.86. The topological polar surface area (TPSA) is 124 Å². The average Bonchev–Trinajstić information content (AvgIpc) is 2.74. The van der Waals surface area contributed by atoms with Crippen molar-refractivity contribution in [1.29, 1.82) is 0 Å². The van der Waals surface area contributed by atoms with Crippen molar-refractivity contribution in [2.45, 2.75) is 51.7 Å². The van der Waals surface area contributed by atoms with Crippen LogP contribution in [-0.4, -0.2) is 53.6 Å². The van der Waals surface area contributed by atoms with E-state index in [9.17, 15) is 23.2 Å². The summed E-state index contributed by atoms with van der Waals surface area (Å²) < 4.78 is 35.1.